The van der Waals surface area contributed by atoms with Crippen LogP contribution in [0.4, 0.5) is 5.69 Å². The Labute approximate surface area is 188 Å². The van der Waals surface area contributed by atoms with Gasteiger partial charge in [0.15, 0.2) is 5.96 Å². The van der Waals surface area contributed by atoms with Crippen molar-refractivity contribution in [2.24, 2.45) is 4.99 Å². The molecule has 0 aliphatic carbocycles. The van der Waals surface area contributed by atoms with Crippen LogP contribution in [-0.2, 0) is 13.1 Å². The number of hydrogen-bond donors (Lipinski definition) is 2. The van der Waals surface area contributed by atoms with Gasteiger partial charge in [-0.15, -0.1) is 24.0 Å². The van der Waals surface area contributed by atoms with Crippen LogP contribution in [0.1, 0.15) is 11.1 Å². The number of thioether (sulfide) groups is 1. The second kappa shape index (κ2) is 11.7. The second-order valence-corrected chi connectivity index (χ2v) is 7.77. The normalized spacial score (nSPS) is 14.4. The number of guanidine groups is 1. The summed E-state index contributed by atoms with van der Waals surface area (Å²) >= 11 is 8.23. The Hall–Kier alpha value is -1.12. The molecule has 0 saturated carbocycles. The summed E-state index contributed by atoms with van der Waals surface area (Å²) in [6, 6.07) is 16.6. The maximum Gasteiger partial charge on any atom is 0.191 e. The van der Waals surface area contributed by atoms with Crippen LogP contribution in [0.2, 0.25) is 5.02 Å². The van der Waals surface area contributed by atoms with Gasteiger partial charge >= 0.3 is 0 Å². The third kappa shape index (κ3) is 6.76. The third-order valence-corrected chi connectivity index (χ3v) is 5.71. The molecule has 1 fully saturated rings. The van der Waals surface area contributed by atoms with Gasteiger partial charge in [0.1, 0.15) is 0 Å². The van der Waals surface area contributed by atoms with Crippen molar-refractivity contribution >= 4 is 59.0 Å². The molecule has 1 saturated heterocycles. The molecule has 4 nitrogen and oxygen atoms in total. The maximum atomic E-state index is 6.20. The van der Waals surface area contributed by atoms with Crippen molar-refractivity contribution in [3.05, 3.63) is 64.7 Å². The highest BCUT2D eigenvalue weighted by Crippen LogP contribution is 2.20. The number of halogens is 2. The fourth-order valence-electron chi connectivity index (χ4n) is 2.87. The number of hydrogen-bond acceptors (Lipinski definition) is 3. The lowest BCUT2D eigenvalue weighted by Gasteiger charge is -2.28. The van der Waals surface area contributed by atoms with E-state index in [2.05, 4.69) is 44.8 Å². The highest BCUT2D eigenvalue weighted by atomic mass is 127. The molecule has 0 atom stereocenters. The summed E-state index contributed by atoms with van der Waals surface area (Å²) in [6.45, 7) is 3.66. The molecule has 0 spiro atoms. The van der Waals surface area contributed by atoms with Crippen molar-refractivity contribution in [3.8, 4) is 0 Å². The van der Waals surface area contributed by atoms with E-state index in [9.17, 15) is 0 Å². The van der Waals surface area contributed by atoms with E-state index in [1.807, 2.05) is 36.0 Å². The van der Waals surface area contributed by atoms with Crippen LogP contribution in [0.15, 0.2) is 53.5 Å². The van der Waals surface area contributed by atoms with E-state index < -0.39 is 0 Å². The molecule has 1 aliphatic heterocycles. The molecule has 0 bridgehead atoms. The number of nitrogens with one attached hydrogen (secondary N) is 2. The van der Waals surface area contributed by atoms with Crippen LogP contribution in [-0.4, -0.2) is 37.6 Å². The van der Waals surface area contributed by atoms with Gasteiger partial charge in [0.05, 0.1) is 0 Å². The lowest BCUT2D eigenvalue weighted by molar-refractivity contribution is 0.808. The largest absolute Gasteiger partial charge is 0.370 e. The Bertz CT molecular complexity index is 733. The van der Waals surface area contributed by atoms with Crippen LogP contribution >= 0.6 is 47.3 Å². The molecular formula is C20H26ClIN4S. The third-order valence-electron chi connectivity index (χ3n) is 4.40. The predicted molar refractivity (Wildman–Crippen MR) is 130 cm³/mol. The summed E-state index contributed by atoms with van der Waals surface area (Å²) in [5.41, 5.74) is 3.61. The molecule has 2 aromatic rings. The van der Waals surface area contributed by atoms with Crippen molar-refractivity contribution in [2.75, 3.05) is 36.5 Å². The fraction of sp³-hybridized carbons (Fsp3) is 0.350. The first-order chi connectivity index (χ1) is 12.8. The zero-order valence-electron chi connectivity index (χ0n) is 15.5. The minimum atomic E-state index is 0. The molecule has 27 heavy (non-hydrogen) atoms. The second-order valence-electron chi connectivity index (χ2n) is 6.14. The average molecular weight is 517 g/mol. The molecule has 0 radical (unpaired) electrons. The maximum absolute atomic E-state index is 6.20. The topological polar surface area (TPSA) is 39.7 Å². The van der Waals surface area contributed by atoms with Gasteiger partial charge in [0.25, 0.3) is 0 Å². The molecular weight excluding hydrogens is 491 g/mol. The van der Waals surface area contributed by atoms with Crippen LogP contribution in [0.3, 0.4) is 0 Å². The molecule has 2 aromatic carbocycles. The number of aliphatic imine (C=N–C) groups is 1. The van der Waals surface area contributed by atoms with E-state index in [-0.39, 0.29) is 24.0 Å². The Kier molecular flexibility index (Phi) is 9.58. The molecule has 0 amide bonds. The monoisotopic (exact) mass is 516 g/mol. The molecule has 0 aromatic heterocycles. The zero-order chi connectivity index (χ0) is 18.2. The molecule has 1 heterocycles. The van der Waals surface area contributed by atoms with Crippen LogP contribution in [0, 0.1) is 0 Å². The van der Waals surface area contributed by atoms with E-state index in [1.54, 1.807) is 7.05 Å². The van der Waals surface area contributed by atoms with E-state index >= 15 is 0 Å². The molecule has 0 unspecified atom stereocenters. The number of nitrogens with zero attached hydrogens (tertiary/aromatic N) is 2. The van der Waals surface area contributed by atoms with Crippen molar-refractivity contribution in [3.63, 3.8) is 0 Å². The lowest BCUT2D eigenvalue weighted by Crippen LogP contribution is -2.36. The van der Waals surface area contributed by atoms with E-state index in [1.165, 1.54) is 22.8 Å². The van der Waals surface area contributed by atoms with Gasteiger partial charge in [-0.25, -0.2) is 0 Å². The Morgan fingerprint density at radius 1 is 1.04 bits per heavy atom. The van der Waals surface area contributed by atoms with Crippen LogP contribution < -0.4 is 15.5 Å². The Balaban J connectivity index is 0.00000261. The number of rotatable bonds is 5. The summed E-state index contributed by atoms with van der Waals surface area (Å²) in [6.07, 6.45) is 0. The fourth-order valence-corrected chi connectivity index (χ4v) is 3.98. The van der Waals surface area contributed by atoms with Crippen molar-refractivity contribution in [1.82, 2.24) is 10.6 Å². The van der Waals surface area contributed by atoms with Crippen molar-refractivity contribution in [2.45, 2.75) is 13.1 Å². The standard InChI is InChI=1S/C20H25ClN4S.HI/c1-22-20(24-15-17-4-2-3-5-19(17)21)23-14-16-6-8-18(9-7-16)25-10-12-26-13-11-25;/h2-9H,10-15H2,1H3,(H2,22,23,24);1H. The molecule has 3 rings (SSSR count). The Morgan fingerprint density at radius 3 is 2.37 bits per heavy atom. The Morgan fingerprint density at radius 2 is 1.70 bits per heavy atom. The minimum Gasteiger partial charge on any atom is -0.370 e. The SMILES string of the molecule is CN=C(NCc1ccc(N2CCSCC2)cc1)NCc1ccccc1Cl.I. The van der Waals surface area contributed by atoms with Crippen molar-refractivity contribution < 1.29 is 0 Å². The molecule has 1 aliphatic rings. The van der Waals surface area contributed by atoms with E-state index in [0.717, 1.165) is 36.2 Å². The molecule has 7 heteroatoms. The van der Waals surface area contributed by atoms with Crippen LogP contribution in [0.25, 0.3) is 0 Å². The van der Waals surface area contributed by atoms with Gasteiger partial charge in [-0.05, 0) is 29.3 Å². The van der Waals surface area contributed by atoms with E-state index in [0.29, 0.717) is 6.54 Å². The van der Waals surface area contributed by atoms with Gasteiger partial charge in [-0.2, -0.15) is 11.8 Å². The summed E-state index contributed by atoms with van der Waals surface area (Å²) in [5, 5.41) is 7.42. The first-order valence-electron chi connectivity index (χ1n) is 8.86. The minimum absolute atomic E-state index is 0. The summed E-state index contributed by atoms with van der Waals surface area (Å²) < 4.78 is 0. The molecule has 146 valence electrons. The predicted octanol–water partition coefficient (Wildman–Crippen LogP) is 4.38. The number of benzene rings is 2. The lowest BCUT2D eigenvalue weighted by atomic mass is 10.2. The summed E-state index contributed by atoms with van der Waals surface area (Å²) in [5.74, 6) is 3.20. The van der Waals surface area contributed by atoms with E-state index in [4.69, 9.17) is 11.6 Å². The summed E-state index contributed by atoms with van der Waals surface area (Å²) in [4.78, 5) is 6.74. The first-order valence-corrected chi connectivity index (χ1v) is 10.4. The number of anilines is 1. The first kappa shape index (κ1) is 22.2. The highest BCUT2D eigenvalue weighted by molar-refractivity contribution is 14.0. The zero-order valence-corrected chi connectivity index (χ0v) is 19.4. The van der Waals surface area contributed by atoms with Crippen molar-refractivity contribution in [1.29, 1.82) is 0 Å². The quantitative estimate of drug-likeness (QED) is 0.352. The van der Waals surface area contributed by atoms with Gasteiger partial charge in [0, 0.05) is 55.4 Å². The average Bonchev–Trinajstić information content (AvgIpc) is 2.70. The molecule has 2 N–H and O–H groups in total. The van der Waals surface area contributed by atoms with Gasteiger partial charge in [-0.1, -0.05) is 41.9 Å². The smallest absolute Gasteiger partial charge is 0.191 e. The highest BCUT2D eigenvalue weighted by Gasteiger charge is 2.10. The van der Waals surface area contributed by atoms with Gasteiger partial charge < -0.3 is 15.5 Å². The summed E-state index contributed by atoms with van der Waals surface area (Å²) in [7, 11) is 1.78. The van der Waals surface area contributed by atoms with Crippen LogP contribution in [0.5, 0.6) is 0 Å². The van der Waals surface area contributed by atoms with Gasteiger partial charge in [-0.3, -0.25) is 4.99 Å². The van der Waals surface area contributed by atoms with Gasteiger partial charge in [0.2, 0.25) is 0 Å².